The predicted molar refractivity (Wildman–Crippen MR) is 69.0 cm³/mol. The smallest absolute Gasteiger partial charge is 0.0983 e. The van der Waals surface area contributed by atoms with E-state index in [4.69, 9.17) is 4.99 Å². The van der Waals surface area contributed by atoms with Crippen molar-refractivity contribution in [1.29, 1.82) is 0 Å². The summed E-state index contributed by atoms with van der Waals surface area (Å²) in [5, 5.41) is 1.18. The molecule has 0 aromatic heterocycles. The Morgan fingerprint density at radius 3 is 2.73 bits per heavy atom. The van der Waals surface area contributed by atoms with Crippen molar-refractivity contribution in [3.05, 3.63) is 34.9 Å². The molecule has 1 nitrogen and oxygen atoms in total. The average molecular weight is 219 g/mol. The van der Waals surface area contributed by atoms with Crippen LogP contribution in [0.25, 0.3) is 0 Å². The minimum absolute atomic E-state index is 0.0547. The van der Waals surface area contributed by atoms with Gasteiger partial charge in [-0.1, -0.05) is 23.8 Å². The number of rotatable bonds is 0. The van der Waals surface area contributed by atoms with Crippen molar-refractivity contribution in [3.8, 4) is 0 Å². The SMILES string of the molecule is CSC1=NC(C)(C)Cc2cc(C)ccc21. The molecule has 15 heavy (non-hydrogen) atoms. The van der Waals surface area contributed by atoms with E-state index in [0.717, 1.165) is 6.42 Å². The largest absolute Gasteiger partial charge is 0.271 e. The zero-order valence-electron chi connectivity index (χ0n) is 9.79. The molecule has 1 aliphatic heterocycles. The summed E-state index contributed by atoms with van der Waals surface area (Å²) in [7, 11) is 0. The second-order valence-electron chi connectivity index (χ2n) is 4.77. The summed E-state index contributed by atoms with van der Waals surface area (Å²) in [6.07, 6.45) is 3.15. The summed E-state index contributed by atoms with van der Waals surface area (Å²) in [6, 6.07) is 6.67. The Kier molecular flexibility index (Phi) is 2.63. The standard InChI is InChI=1S/C13H17NS/c1-9-5-6-11-10(7-9)8-13(2,3)14-12(11)15-4/h5-7H,8H2,1-4H3. The molecule has 1 aliphatic rings. The number of benzene rings is 1. The molecule has 0 N–H and O–H groups in total. The molecule has 0 aliphatic carbocycles. The molecule has 2 rings (SSSR count). The summed E-state index contributed by atoms with van der Waals surface area (Å²) in [5.74, 6) is 0. The number of nitrogens with zero attached hydrogens (tertiary/aromatic N) is 1. The predicted octanol–water partition coefficient (Wildman–Crippen LogP) is 3.44. The summed E-state index contributed by atoms with van der Waals surface area (Å²) in [6.45, 7) is 6.56. The van der Waals surface area contributed by atoms with Crippen LogP contribution in [0.5, 0.6) is 0 Å². The number of fused-ring (bicyclic) bond motifs is 1. The van der Waals surface area contributed by atoms with E-state index in [0.29, 0.717) is 0 Å². The third kappa shape index (κ3) is 2.10. The zero-order chi connectivity index (χ0) is 11.1. The Balaban J connectivity index is 2.55. The van der Waals surface area contributed by atoms with Crippen LogP contribution in [0.2, 0.25) is 0 Å². The second kappa shape index (κ2) is 3.67. The van der Waals surface area contributed by atoms with E-state index in [-0.39, 0.29) is 5.54 Å². The van der Waals surface area contributed by atoms with E-state index >= 15 is 0 Å². The van der Waals surface area contributed by atoms with Crippen molar-refractivity contribution in [3.63, 3.8) is 0 Å². The molecule has 80 valence electrons. The highest BCUT2D eigenvalue weighted by molar-refractivity contribution is 8.13. The molecular formula is C13H17NS. The van der Waals surface area contributed by atoms with E-state index in [2.05, 4.69) is 45.2 Å². The maximum Gasteiger partial charge on any atom is 0.0983 e. The number of hydrogen-bond donors (Lipinski definition) is 0. The van der Waals surface area contributed by atoms with Gasteiger partial charge in [-0.15, -0.1) is 11.8 Å². The van der Waals surface area contributed by atoms with E-state index in [1.54, 1.807) is 11.8 Å². The molecule has 0 spiro atoms. The summed E-state index contributed by atoms with van der Waals surface area (Å²) in [4.78, 5) is 4.78. The topological polar surface area (TPSA) is 12.4 Å². The maximum absolute atomic E-state index is 4.78. The number of aliphatic imine (C=N–C) groups is 1. The molecule has 0 amide bonds. The van der Waals surface area contributed by atoms with Crippen LogP contribution in [-0.4, -0.2) is 16.8 Å². The maximum atomic E-state index is 4.78. The molecule has 0 saturated carbocycles. The number of aryl methyl sites for hydroxylation is 1. The van der Waals surface area contributed by atoms with Gasteiger partial charge in [0, 0.05) is 5.56 Å². The van der Waals surface area contributed by atoms with E-state index in [9.17, 15) is 0 Å². The molecule has 0 atom stereocenters. The molecular weight excluding hydrogens is 202 g/mol. The van der Waals surface area contributed by atoms with Crippen molar-refractivity contribution in [2.75, 3.05) is 6.26 Å². The summed E-state index contributed by atoms with van der Waals surface area (Å²) < 4.78 is 0. The Hall–Kier alpha value is -0.760. The van der Waals surface area contributed by atoms with Crippen LogP contribution in [0.15, 0.2) is 23.2 Å². The van der Waals surface area contributed by atoms with Crippen molar-refractivity contribution in [2.24, 2.45) is 4.99 Å². The first kappa shape index (κ1) is 10.7. The van der Waals surface area contributed by atoms with Crippen LogP contribution in [-0.2, 0) is 6.42 Å². The second-order valence-corrected chi connectivity index (χ2v) is 5.57. The van der Waals surface area contributed by atoms with Crippen LogP contribution in [0, 0.1) is 6.92 Å². The minimum Gasteiger partial charge on any atom is -0.271 e. The van der Waals surface area contributed by atoms with Crippen molar-refractivity contribution in [2.45, 2.75) is 32.7 Å². The first-order valence-electron chi connectivity index (χ1n) is 5.25. The van der Waals surface area contributed by atoms with E-state index < -0.39 is 0 Å². The van der Waals surface area contributed by atoms with Gasteiger partial charge in [-0.25, -0.2) is 0 Å². The van der Waals surface area contributed by atoms with Crippen LogP contribution in [0.1, 0.15) is 30.5 Å². The van der Waals surface area contributed by atoms with Crippen molar-refractivity contribution >= 4 is 16.8 Å². The van der Waals surface area contributed by atoms with Gasteiger partial charge >= 0.3 is 0 Å². The molecule has 1 aromatic rings. The molecule has 1 aromatic carbocycles. The molecule has 0 bridgehead atoms. The fourth-order valence-corrected chi connectivity index (χ4v) is 2.83. The van der Waals surface area contributed by atoms with Gasteiger partial charge in [0.25, 0.3) is 0 Å². The number of hydrogen-bond acceptors (Lipinski definition) is 2. The third-order valence-corrected chi connectivity index (χ3v) is 3.41. The van der Waals surface area contributed by atoms with Crippen molar-refractivity contribution in [1.82, 2.24) is 0 Å². The van der Waals surface area contributed by atoms with E-state index in [1.165, 1.54) is 21.7 Å². The lowest BCUT2D eigenvalue weighted by Crippen LogP contribution is -2.27. The third-order valence-electron chi connectivity index (χ3n) is 2.71. The van der Waals surface area contributed by atoms with Gasteiger partial charge in [0.15, 0.2) is 0 Å². The van der Waals surface area contributed by atoms with Crippen molar-refractivity contribution < 1.29 is 0 Å². The fraction of sp³-hybridized carbons (Fsp3) is 0.462. The molecule has 2 heteroatoms. The molecule has 0 saturated heterocycles. The molecule has 0 unspecified atom stereocenters. The normalized spacial score (nSPS) is 18.3. The highest BCUT2D eigenvalue weighted by Crippen LogP contribution is 2.30. The first-order chi connectivity index (χ1) is 7.02. The van der Waals surface area contributed by atoms with Crippen LogP contribution < -0.4 is 0 Å². The van der Waals surface area contributed by atoms with Gasteiger partial charge < -0.3 is 0 Å². The summed E-state index contributed by atoms with van der Waals surface area (Å²) >= 11 is 1.75. The molecule has 1 heterocycles. The van der Waals surface area contributed by atoms with Gasteiger partial charge in [-0.3, -0.25) is 4.99 Å². The zero-order valence-corrected chi connectivity index (χ0v) is 10.6. The Morgan fingerprint density at radius 2 is 2.07 bits per heavy atom. The van der Waals surface area contributed by atoms with Gasteiger partial charge in [-0.2, -0.15) is 0 Å². The van der Waals surface area contributed by atoms with Crippen LogP contribution >= 0.6 is 11.8 Å². The fourth-order valence-electron chi connectivity index (χ4n) is 2.07. The molecule has 0 fully saturated rings. The van der Waals surface area contributed by atoms with Crippen LogP contribution in [0.4, 0.5) is 0 Å². The highest BCUT2D eigenvalue weighted by Gasteiger charge is 2.26. The Bertz CT molecular complexity index is 419. The van der Waals surface area contributed by atoms with Gasteiger partial charge in [0.05, 0.1) is 10.6 Å². The highest BCUT2D eigenvalue weighted by atomic mass is 32.2. The Labute approximate surface area is 96.0 Å². The monoisotopic (exact) mass is 219 g/mol. The lowest BCUT2D eigenvalue weighted by molar-refractivity contribution is 0.515. The minimum atomic E-state index is 0.0547. The van der Waals surface area contributed by atoms with E-state index in [1.807, 2.05) is 0 Å². The van der Waals surface area contributed by atoms with Gasteiger partial charge in [0.1, 0.15) is 0 Å². The Morgan fingerprint density at radius 1 is 1.33 bits per heavy atom. The lowest BCUT2D eigenvalue weighted by Gasteiger charge is -2.28. The molecule has 0 radical (unpaired) electrons. The van der Waals surface area contributed by atoms with Crippen LogP contribution in [0.3, 0.4) is 0 Å². The quantitative estimate of drug-likeness (QED) is 0.651. The van der Waals surface area contributed by atoms with Gasteiger partial charge in [-0.05, 0) is 39.0 Å². The van der Waals surface area contributed by atoms with Gasteiger partial charge in [0.2, 0.25) is 0 Å². The average Bonchev–Trinajstić information content (AvgIpc) is 2.14. The first-order valence-corrected chi connectivity index (χ1v) is 6.48. The number of thioether (sulfide) groups is 1. The summed E-state index contributed by atoms with van der Waals surface area (Å²) in [5.41, 5.74) is 4.16. The lowest BCUT2D eigenvalue weighted by atomic mass is 9.89.